The Morgan fingerprint density at radius 1 is 1.20 bits per heavy atom. The fourth-order valence-electron chi connectivity index (χ4n) is 4.12. The lowest BCUT2D eigenvalue weighted by molar-refractivity contribution is -0.123. The van der Waals surface area contributed by atoms with Gasteiger partial charge >= 0.3 is 0 Å². The number of likely N-dealkylation sites (N-methyl/N-ethyl adjacent to an activating group) is 1. The highest BCUT2D eigenvalue weighted by atomic mass is 35.5. The number of fused-ring (bicyclic) bond motifs is 1. The van der Waals surface area contributed by atoms with Crippen LogP contribution in [0.2, 0.25) is 0 Å². The van der Waals surface area contributed by atoms with Crippen LogP contribution in [-0.2, 0) is 4.79 Å². The molecule has 2 N–H and O–H groups in total. The second-order valence-electron chi connectivity index (χ2n) is 7.24. The predicted molar refractivity (Wildman–Crippen MR) is 108 cm³/mol. The van der Waals surface area contributed by atoms with E-state index in [1.165, 1.54) is 31.2 Å². The maximum atomic E-state index is 12.6. The van der Waals surface area contributed by atoms with Crippen LogP contribution < -0.4 is 10.6 Å². The summed E-state index contributed by atoms with van der Waals surface area (Å²) in [5.41, 5.74) is 1.24. The third-order valence-corrected chi connectivity index (χ3v) is 5.46. The van der Waals surface area contributed by atoms with E-state index >= 15 is 0 Å². The van der Waals surface area contributed by atoms with Crippen molar-refractivity contribution in [2.45, 2.75) is 50.2 Å². The van der Waals surface area contributed by atoms with Gasteiger partial charge in [-0.2, -0.15) is 0 Å². The van der Waals surface area contributed by atoms with E-state index in [-0.39, 0.29) is 42.8 Å². The Morgan fingerprint density at radius 3 is 2.52 bits per heavy atom. The zero-order valence-corrected chi connectivity index (χ0v) is 16.7. The molecular weight excluding hydrogens is 357 g/mol. The third kappa shape index (κ3) is 5.58. The summed E-state index contributed by atoms with van der Waals surface area (Å²) in [5.74, 6) is 0.875. The molecule has 1 aliphatic heterocycles. The molecule has 25 heavy (non-hydrogen) atoms. The van der Waals surface area contributed by atoms with Crippen molar-refractivity contribution in [2.75, 3.05) is 20.6 Å². The SMILES string of the molecule is CN(C)C(CNC(=O)C1CC2CCCCC2N1)c1ccccc1.Cl.Cl. The number of hydrogen-bond donors (Lipinski definition) is 2. The molecule has 1 saturated heterocycles. The van der Waals surface area contributed by atoms with Crippen LogP contribution >= 0.6 is 24.8 Å². The van der Waals surface area contributed by atoms with Crippen molar-refractivity contribution in [3.05, 3.63) is 35.9 Å². The predicted octanol–water partition coefficient (Wildman–Crippen LogP) is 3.17. The Labute approximate surface area is 163 Å². The van der Waals surface area contributed by atoms with E-state index in [9.17, 15) is 4.79 Å². The number of hydrogen-bond acceptors (Lipinski definition) is 3. The lowest BCUT2D eigenvalue weighted by atomic mass is 9.85. The fraction of sp³-hybridized carbons (Fsp3) is 0.632. The zero-order valence-electron chi connectivity index (χ0n) is 15.1. The number of amides is 1. The quantitative estimate of drug-likeness (QED) is 0.815. The van der Waals surface area contributed by atoms with Crippen molar-refractivity contribution in [2.24, 2.45) is 5.92 Å². The van der Waals surface area contributed by atoms with Crippen LogP contribution in [-0.4, -0.2) is 43.5 Å². The van der Waals surface area contributed by atoms with Crippen molar-refractivity contribution in [1.82, 2.24) is 15.5 Å². The smallest absolute Gasteiger partial charge is 0.237 e. The van der Waals surface area contributed by atoms with Gasteiger partial charge in [0.25, 0.3) is 0 Å². The van der Waals surface area contributed by atoms with Gasteiger partial charge in [-0.05, 0) is 44.8 Å². The summed E-state index contributed by atoms with van der Waals surface area (Å²) in [6.07, 6.45) is 6.16. The van der Waals surface area contributed by atoms with Crippen LogP contribution in [0.1, 0.15) is 43.7 Å². The molecule has 142 valence electrons. The molecular formula is C19H31Cl2N3O. The molecule has 0 spiro atoms. The van der Waals surface area contributed by atoms with Crippen molar-refractivity contribution < 1.29 is 4.79 Å². The van der Waals surface area contributed by atoms with Crippen molar-refractivity contribution in [3.63, 3.8) is 0 Å². The topological polar surface area (TPSA) is 44.4 Å². The number of carbonyl (C=O) groups excluding carboxylic acids is 1. The Hall–Kier alpha value is -0.810. The number of halogens is 2. The molecule has 3 rings (SSSR count). The van der Waals surface area contributed by atoms with E-state index in [2.05, 4.69) is 53.9 Å². The molecule has 1 saturated carbocycles. The van der Waals surface area contributed by atoms with Crippen LogP contribution in [0.15, 0.2) is 30.3 Å². The number of benzene rings is 1. The minimum absolute atomic E-state index is 0. The summed E-state index contributed by atoms with van der Waals surface area (Å²) in [7, 11) is 4.12. The highest BCUT2D eigenvalue weighted by molar-refractivity contribution is 5.85. The molecule has 1 aromatic carbocycles. The molecule has 1 aliphatic carbocycles. The molecule has 1 amide bonds. The fourth-order valence-corrected chi connectivity index (χ4v) is 4.12. The molecule has 2 fully saturated rings. The van der Waals surface area contributed by atoms with Crippen LogP contribution in [0, 0.1) is 5.92 Å². The monoisotopic (exact) mass is 387 g/mol. The van der Waals surface area contributed by atoms with Gasteiger partial charge in [-0.25, -0.2) is 0 Å². The minimum atomic E-state index is 0. The Kier molecular flexibility index (Phi) is 9.22. The van der Waals surface area contributed by atoms with E-state index in [0.717, 1.165) is 6.42 Å². The average Bonchev–Trinajstić information content (AvgIpc) is 2.99. The summed E-state index contributed by atoms with van der Waals surface area (Å²) in [4.78, 5) is 14.7. The highest BCUT2D eigenvalue weighted by Gasteiger charge is 2.38. The standard InChI is InChI=1S/C19H29N3O.2ClH/c1-22(2)18(14-8-4-3-5-9-14)13-20-19(23)17-12-15-10-6-7-11-16(15)21-17;;/h3-5,8-9,15-18,21H,6-7,10-13H2,1-2H3,(H,20,23);2*1H. The molecule has 0 bridgehead atoms. The molecule has 4 unspecified atom stereocenters. The maximum absolute atomic E-state index is 12.6. The van der Waals surface area contributed by atoms with Crippen LogP contribution in [0.5, 0.6) is 0 Å². The second-order valence-corrected chi connectivity index (χ2v) is 7.24. The first-order valence-electron chi connectivity index (χ1n) is 8.90. The van der Waals surface area contributed by atoms with E-state index < -0.39 is 0 Å². The highest BCUT2D eigenvalue weighted by Crippen LogP contribution is 2.33. The first-order chi connectivity index (χ1) is 11.1. The van der Waals surface area contributed by atoms with Crippen LogP contribution in [0.25, 0.3) is 0 Å². The zero-order chi connectivity index (χ0) is 16.2. The van der Waals surface area contributed by atoms with Crippen LogP contribution in [0.3, 0.4) is 0 Å². The molecule has 6 heteroatoms. The van der Waals surface area contributed by atoms with Gasteiger partial charge in [-0.15, -0.1) is 24.8 Å². The summed E-state index contributed by atoms with van der Waals surface area (Å²) in [6, 6.07) is 11.2. The number of nitrogens with zero attached hydrogens (tertiary/aromatic N) is 1. The van der Waals surface area contributed by atoms with Gasteiger partial charge in [-0.3, -0.25) is 4.79 Å². The first-order valence-corrected chi connectivity index (χ1v) is 8.90. The van der Waals surface area contributed by atoms with Gasteiger partial charge in [0.05, 0.1) is 12.1 Å². The van der Waals surface area contributed by atoms with E-state index in [0.29, 0.717) is 18.5 Å². The van der Waals surface area contributed by atoms with Crippen LogP contribution in [0.4, 0.5) is 0 Å². The van der Waals surface area contributed by atoms with Crippen molar-refractivity contribution in [3.8, 4) is 0 Å². The van der Waals surface area contributed by atoms with Gasteiger partial charge < -0.3 is 15.5 Å². The number of nitrogens with one attached hydrogen (secondary N) is 2. The maximum Gasteiger partial charge on any atom is 0.237 e. The third-order valence-electron chi connectivity index (χ3n) is 5.46. The number of carbonyl (C=O) groups is 1. The molecule has 0 radical (unpaired) electrons. The molecule has 0 aromatic heterocycles. The van der Waals surface area contributed by atoms with Crippen molar-refractivity contribution >= 4 is 30.7 Å². The van der Waals surface area contributed by atoms with Crippen molar-refractivity contribution in [1.29, 1.82) is 0 Å². The van der Waals surface area contributed by atoms with E-state index in [4.69, 9.17) is 0 Å². The molecule has 1 aromatic rings. The Morgan fingerprint density at radius 2 is 1.88 bits per heavy atom. The molecule has 2 aliphatic rings. The lowest BCUT2D eigenvalue weighted by Crippen LogP contribution is -2.45. The summed E-state index contributed by atoms with van der Waals surface area (Å²) >= 11 is 0. The van der Waals surface area contributed by atoms with Gasteiger partial charge in [0.15, 0.2) is 0 Å². The first kappa shape index (κ1) is 22.2. The Balaban J connectivity index is 0.00000156. The van der Waals surface area contributed by atoms with Gasteiger partial charge in [0.1, 0.15) is 0 Å². The molecule has 1 heterocycles. The normalized spacial score (nSPS) is 26.1. The van der Waals surface area contributed by atoms with Gasteiger partial charge in [-0.1, -0.05) is 43.2 Å². The average molecular weight is 388 g/mol. The van der Waals surface area contributed by atoms with E-state index in [1.54, 1.807) is 0 Å². The summed E-state index contributed by atoms with van der Waals surface area (Å²) in [6.45, 7) is 0.656. The summed E-state index contributed by atoms with van der Waals surface area (Å²) < 4.78 is 0. The largest absolute Gasteiger partial charge is 0.353 e. The summed E-state index contributed by atoms with van der Waals surface area (Å²) in [5, 5.41) is 6.73. The molecule has 4 atom stereocenters. The molecule has 4 nitrogen and oxygen atoms in total. The second kappa shape index (κ2) is 10.4. The van der Waals surface area contributed by atoms with Gasteiger partial charge in [0.2, 0.25) is 5.91 Å². The van der Waals surface area contributed by atoms with Gasteiger partial charge in [0, 0.05) is 12.6 Å². The Bertz CT molecular complexity index is 513. The number of rotatable bonds is 5. The van der Waals surface area contributed by atoms with E-state index in [1.807, 2.05) is 6.07 Å². The minimum Gasteiger partial charge on any atom is -0.353 e. The lowest BCUT2D eigenvalue weighted by Gasteiger charge is -2.26.